The molecular formula is C20H28N4O2. The van der Waals surface area contributed by atoms with E-state index in [1.807, 2.05) is 18.2 Å². The van der Waals surface area contributed by atoms with Crippen LogP contribution >= 0.6 is 0 Å². The van der Waals surface area contributed by atoms with Gasteiger partial charge in [0.1, 0.15) is 5.75 Å². The lowest BCUT2D eigenvalue weighted by Crippen LogP contribution is -2.50. The van der Waals surface area contributed by atoms with Crippen LogP contribution in [0.1, 0.15) is 25.3 Å². The van der Waals surface area contributed by atoms with E-state index in [0.29, 0.717) is 17.9 Å². The van der Waals surface area contributed by atoms with Gasteiger partial charge in [0.15, 0.2) is 5.82 Å². The fourth-order valence-corrected chi connectivity index (χ4v) is 3.67. The molecular weight excluding hydrogens is 328 g/mol. The molecule has 1 fully saturated rings. The van der Waals surface area contributed by atoms with Crippen molar-refractivity contribution in [1.82, 2.24) is 14.9 Å². The fourth-order valence-electron chi connectivity index (χ4n) is 3.67. The summed E-state index contributed by atoms with van der Waals surface area (Å²) in [5.74, 6) is 1.49. The summed E-state index contributed by atoms with van der Waals surface area (Å²) in [6, 6.07) is 8.82. The van der Waals surface area contributed by atoms with E-state index in [-0.39, 0.29) is 5.56 Å². The molecule has 2 atom stereocenters. The molecule has 0 aliphatic carbocycles. The number of nitrogens with one attached hydrogen (secondary N) is 1. The van der Waals surface area contributed by atoms with Crippen molar-refractivity contribution in [2.24, 2.45) is 7.05 Å². The van der Waals surface area contributed by atoms with Gasteiger partial charge in [-0.15, -0.1) is 0 Å². The Balaban J connectivity index is 1.63. The Morgan fingerprint density at radius 3 is 3.00 bits per heavy atom. The van der Waals surface area contributed by atoms with Gasteiger partial charge in [0.2, 0.25) is 0 Å². The monoisotopic (exact) mass is 356 g/mol. The maximum atomic E-state index is 12.3. The molecule has 2 heterocycles. The molecule has 1 aromatic carbocycles. The Morgan fingerprint density at radius 1 is 1.38 bits per heavy atom. The maximum Gasteiger partial charge on any atom is 0.293 e. The number of piperidine rings is 1. The Morgan fingerprint density at radius 2 is 2.19 bits per heavy atom. The fraction of sp³-hybridized carbons (Fsp3) is 0.500. The average molecular weight is 356 g/mol. The molecule has 1 aliphatic rings. The van der Waals surface area contributed by atoms with Gasteiger partial charge in [-0.3, -0.25) is 4.79 Å². The van der Waals surface area contributed by atoms with Crippen molar-refractivity contribution in [2.75, 3.05) is 25.1 Å². The zero-order chi connectivity index (χ0) is 18.5. The zero-order valence-corrected chi connectivity index (χ0v) is 15.8. The highest BCUT2D eigenvalue weighted by molar-refractivity contribution is 5.37. The van der Waals surface area contributed by atoms with Crippen molar-refractivity contribution >= 4 is 5.82 Å². The lowest BCUT2D eigenvalue weighted by molar-refractivity contribution is 0.373. The van der Waals surface area contributed by atoms with Crippen LogP contribution in [-0.2, 0) is 13.5 Å². The minimum atomic E-state index is -0.0322. The average Bonchev–Trinajstić information content (AvgIpc) is 2.64. The molecule has 6 heteroatoms. The smallest absolute Gasteiger partial charge is 0.293 e. The molecule has 0 amide bonds. The van der Waals surface area contributed by atoms with E-state index in [2.05, 4.69) is 28.2 Å². The third-order valence-corrected chi connectivity index (χ3v) is 4.96. The summed E-state index contributed by atoms with van der Waals surface area (Å²) in [6.07, 6.45) is 6.46. The molecule has 6 nitrogen and oxygen atoms in total. The number of hydrogen-bond donors (Lipinski definition) is 1. The molecule has 3 rings (SSSR count). The Labute approximate surface area is 154 Å². The third kappa shape index (κ3) is 4.25. The van der Waals surface area contributed by atoms with Crippen LogP contribution in [0.25, 0.3) is 0 Å². The van der Waals surface area contributed by atoms with E-state index >= 15 is 0 Å². The zero-order valence-electron chi connectivity index (χ0n) is 15.8. The summed E-state index contributed by atoms with van der Waals surface area (Å²) < 4.78 is 7.04. The number of ether oxygens (including phenoxy) is 1. The number of para-hydroxylation sites is 1. The number of aromatic nitrogens is 2. The van der Waals surface area contributed by atoms with Gasteiger partial charge in [0, 0.05) is 44.6 Å². The number of hydrogen-bond acceptors (Lipinski definition) is 5. The van der Waals surface area contributed by atoms with Crippen molar-refractivity contribution in [3.63, 3.8) is 0 Å². The van der Waals surface area contributed by atoms with E-state index in [0.717, 1.165) is 38.1 Å². The lowest BCUT2D eigenvalue weighted by atomic mass is 10.0. The first kappa shape index (κ1) is 18.5. The Hall–Kier alpha value is -2.34. The van der Waals surface area contributed by atoms with Gasteiger partial charge in [-0.1, -0.05) is 18.2 Å². The summed E-state index contributed by atoms with van der Waals surface area (Å²) in [6.45, 7) is 3.89. The van der Waals surface area contributed by atoms with Crippen LogP contribution in [-0.4, -0.2) is 41.8 Å². The maximum absolute atomic E-state index is 12.3. The van der Waals surface area contributed by atoms with Crippen LogP contribution in [0.5, 0.6) is 5.75 Å². The second-order valence-electron chi connectivity index (χ2n) is 7.04. The molecule has 26 heavy (non-hydrogen) atoms. The summed E-state index contributed by atoms with van der Waals surface area (Å²) in [7, 11) is 3.48. The first-order valence-corrected chi connectivity index (χ1v) is 9.23. The SMILES string of the molecule is COc1ccccc1C[C@H](C)N[C@H]1CCCN(c2nccn(C)c2=O)C1. The molecule has 0 saturated carbocycles. The van der Waals surface area contributed by atoms with E-state index in [1.165, 1.54) is 5.56 Å². The highest BCUT2D eigenvalue weighted by Gasteiger charge is 2.24. The quantitative estimate of drug-likeness (QED) is 0.858. The van der Waals surface area contributed by atoms with Gasteiger partial charge in [-0.05, 0) is 37.8 Å². The first-order chi connectivity index (χ1) is 12.6. The molecule has 0 spiro atoms. The predicted octanol–water partition coefficient (Wildman–Crippen LogP) is 1.98. The van der Waals surface area contributed by atoms with Crippen LogP contribution in [0.4, 0.5) is 5.82 Å². The van der Waals surface area contributed by atoms with Gasteiger partial charge < -0.3 is 19.5 Å². The summed E-state index contributed by atoms with van der Waals surface area (Å²) in [5, 5.41) is 3.72. The van der Waals surface area contributed by atoms with Crippen LogP contribution in [0.15, 0.2) is 41.5 Å². The van der Waals surface area contributed by atoms with Crippen molar-refractivity contribution in [1.29, 1.82) is 0 Å². The number of aryl methyl sites for hydroxylation is 1. The molecule has 0 bridgehead atoms. The van der Waals surface area contributed by atoms with Gasteiger partial charge in [-0.25, -0.2) is 4.98 Å². The minimum absolute atomic E-state index is 0.0322. The van der Waals surface area contributed by atoms with Crippen molar-refractivity contribution in [3.05, 3.63) is 52.6 Å². The van der Waals surface area contributed by atoms with Crippen molar-refractivity contribution in [2.45, 2.75) is 38.3 Å². The summed E-state index contributed by atoms with van der Waals surface area (Å²) in [4.78, 5) is 18.8. The second-order valence-corrected chi connectivity index (χ2v) is 7.04. The van der Waals surface area contributed by atoms with E-state index in [4.69, 9.17) is 4.74 Å². The Kier molecular flexibility index (Phi) is 5.93. The van der Waals surface area contributed by atoms with Gasteiger partial charge in [0.05, 0.1) is 7.11 Å². The molecule has 1 aliphatic heterocycles. The number of benzene rings is 1. The highest BCUT2D eigenvalue weighted by Crippen LogP contribution is 2.20. The number of anilines is 1. The van der Waals surface area contributed by atoms with E-state index < -0.39 is 0 Å². The van der Waals surface area contributed by atoms with Crippen LogP contribution < -0.4 is 20.5 Å². The van der Waals surface area contributed by atoms with Crippen LogP contribution in [0, 0.1) is 0 Å². The first-order valence-electron chi connectivity index (χ1n) is 9.23. The molecule has 1 N–H and O–H groups in total. The summed E-state index contributed by atoms with van der Waals surface area (Å²) >= 11 is 0. The minimum Gasteiger partial charge on any atom is -0.496 e. The van der Waals surface area contributed by atoms with Crippen LogP contribution in [0.3, 0.4) is 0 Å². The normalized spacial score (nSPS) is 18.6. The van der Waals surface area contributed by atoms with Gasteiger partial charge >= 0.3 is 0 Å². The topological polar surface area (TPSA) is 59.4 Å². The molecule has 0 unspecified atom stereocenters. The van der Waals surface area contributed by atoms with Gasteiger partial charge in [-0.2, -0.15) is 0 Å². The van der Waals surface area contributed by atoms with Gasteiger partial charge in [0.25, 0.3) is 5.56 Å². The number of methoxy groups -OCH3 is 1. The lowest BCUT2D eigenvalue weighted by Gasteiger charge is -2.35. The van der Waals surface area contributed by atoms with E-state index in [1.54, 1.807) is 31.1 Å². The standard InChI is InChI=1S/C20H28N4O2/c1-15(13-16-7-4-5-9-18(16)26-3)22-17-8-6-11-24(14-17)19-20(25)23(2)12-10-21-19/h4-5,7,9-10,12,15,17,22H,6,8,11,13-14H2,1-3H3/t15-,17-/m0/s1. The van der Waals surface area contributed by atoms with E-state index in [9.17, 15) is 4.79 Å². The molecule has 2 aromatic rings. The molecule has 1 saturated heterocycles. The Bertz CT molecular complexity index is 789. The number of rotatable bonds is 6. The molecule has 140 valence electrons. The summed E-state index contributed by atoms with van der Waals surface area (Å²) in [5.41, 5.74) is 1.18. The molecule has 1 aromatic heterocycles. The largest absolute Gasteiger partial charge is 0.496 e. The van der Waals surface area contributed by atoms with Crippen molar-refractivity contribution in [3.8, 4) is 5.75 Å². The predicted molar refractivity (Wildman–Crippen MR) is 104 cm³/mol. The van der Waals surface area contributed by atoms with Crippen molar-refractivity contribution < 1.29 is 4.74 Å². The third-order valence-electron chi connectivity index (χ3n) is 4.96. The molecule has 0 radical (unpaired) electrons. The van der Waals surface area contributed by atoms with Crippen LogP contribution in [0.2, 0.25) is 0 Å². The second kappa shape index (κ2) is 8.36. The highest BCUT2D eigenvalue weighted by atomic mass is 16.5. The number of nitrogens with zero attached hydrogens (tertiary/aromatic N) is 3.